The molecule has 0 radical (unpaired) electrons. The molecule has 5 aromatic rings. The van der Waals surface area contributed by atoms with Gasteiger partial charge in [0, 0.05) is 30.4 Å². The first-order valence-corrected chi connectivity index (χ1v) is 13.4. The molecule has 0 saturated carbocycles. The van der Waals surface area contributed by atoms with Crippen LogP contribution in [0, 0.1) is 5.82 Å². The molecule has 188 valence electrons. The van der Waals surface area contributed by atoms with Gasteiger partial charge >= 0.3 is 0 Å². The van der Waals surface area contributed by atoms with E-state index in [1.165, 1.54) is 12.1 Å². The fraction of sp³-hybridized carbons (Fsp3) is 0.240. The normalized spacial score (nSPS) is 21.5. The fourth-order valence-corrected chi connectivity index (χ4v) is 7.06. The Bertz CT molecular complexity index is 1610. The summed E-state index contributed by atoms with van der Waals surface area (Å²) in [7, 11) is 0. The van der Waals surface area contributed by atoms with Gasteiger partial charge in [-0.25, -0.2) is 13.9 Å². The standard InChI is InChI=1S/C25H21ClFN7O2S/c1-2-36-15-8-16(23-17-10-29-30-25(17)31-33(23)11-15)14-6-7-22(28-9-14)32-12-20-21(13-32)34(20)37(35)24-18(26)4-3-5-19(24)27/h3-11,20-21H,2,12-13H2,1H3,(H,30,31). The lowest BCUT2D eigenvalue weighted by Crippen LogP contribution is -2.32. The van der Waals surface area contributed by atoms with Crippen LogP contribution in [0.2, 0.25) is 5.02 Å². The number of anilines is 1. The van der Waals surface area contributed by atoms with Gasteiger partial charge in [-0.2, -0.15) is 5.10 Å². The van der Waals surface area contributed by atoms with E-state index in [9.17, 15) is 8.94 Å². The summed E-state index contributed by atoms with van der Waals surface area (Å²) in [6, 6.07) is 10.5. The number of rotatable bonds is 6. The number of ether oxygens (including phenoxy) is 1. The summed E-state index contributed by atoms with van der Waals surface area (Å²) in [4.78, 5) is 6.96. The molecule has 0 bridgehead atoms. The van der Waals surface area contributed by atoms with Crippen LogP contribution in [0.4, 0.5) is 10.2 Å². The number of H-pyrrole nitrogens is 1. The molecule has 1 N–H and O–H groups in total. The number of hydrogen-bond acceptors (Lipinski definition) is 7. The lowest BCUT2D eigenvalue weighted by Gasteiger charge is -2.23. The number of fused-ring (bicyclic) bond motifs is 4. The molecular weight excluding hydrogens is 517 g/mol. The predicted octanol–water partition coefficient (Wildman–Crippen LogP) is 4.06. The zero-order valence-corrected chi connectivity index (χ0v) is 21.2. The summed E-state index contributed by atoms with van der Waals surface area (Å²) < 4.78 is 36.6. The molecule has 37 heavy (non-hydrogen) atoms. The van der Waals surface area contributed by atoms with E-state index in [-0.39, 0.29) is 22.0 Å². The average molecular weight is 538 g/mol. The van der Waals surface area contributed by atoms with E-state index in [1.54, 1.807) is 12.3 Å². The third-order valence-electron chi connectivity index (χ3n) is 6.90. The smallest absolute Gasteiger partial charge is 0.228 e. The molecule has 0 spiro atoms. The van der Waals surface area contributed by atoms with Crippen LogP contribution in [-0.4, -0.2) is 65.4 Å². The van der Waals surface area contributed by atoms with Gasteiger partial charge in [0.15, 0.2) is 11.5 Å². The van der Waals surface area contributed by atoms with Gasteiger partial charge in [0.1, 0.15) is 16.6 Å². The van der Waals surface area contributed by atoms with Gasteiger partial charge in [-0.15, -0.1) is 9.40 Å². The lowest BCUT2D eigenvalue weighted by atomic mass is 10.1. The molecule has 4 aromatic heterocycles. The minimum absolute atomic E-state index is 0.0554. The van der Waals surface area contributed by atoms with E-state index in [0.29, 0.717) is 25.3 Å². The molecular formula is C25H21ClFN7O2S. The number of aromatic amines is 1. The van der Waals surface area contributed by atoms with Gasteiger partial charge in [0.2, 0.25) is 4.90 Å². The van der Waals surface area contributed by atoms with Crippen molar-refractivity contribution in [2.24, 2.45) is 0 Å². The number of halogens is 2. The molecule has 3 atom stereocenters. The maximum absolute atomic E-state index is 14.3. The Morgan fingerprint density at radius 1 is 1.22 bits per heavy atom. The molecule has 2 saturated heterocycles. The zero-order chi connectivity index (χ0) is 25.3. The summed E-state index contributed by atoms with van der Waals surface area (Å²) in [5, 5.41) is 12.7. The summed E-state index contributed by atoms with van der Waals surface area (Å²) in [5.74, 6) is 1.01. The zero-order valence-electron chi connectivity index (χ0n) is 19.6. The maximum Gasteiger partial charge on any atom is 0.228 e. The molecule has 7 rings (SSSR count). The van der Waals surface area contributed by atoms with E-state index in [4.69, 9.17) is 21.3 Å². The van der Waals surface area contributed by atoms with Crippen molar-refractivity contribution >= 4 is 45.3 Å². The monoisotopic (exact) mass is 537 g/mol. The quantitative estimate of drug-likeness (QED) is 0.258. The van der Waals surface area contributed by atoms with Crippen LogP contribution in [0.3, 0.4) is 0 Å². The minimum Gasteiger partial charge on any atom is -0.593 e. The molecule has 0 aliphatic carbocycles. The molecule has 2 fully saturated rings. The average Bonchev–Trinajstić information content (AvgIpc) is 3.24. The van der Waals surface area contributed by atoms with Gasteiger partial charge < -0.3 is 14.2 Å². The van der Waals surface area contributed by atoms with Crippen molar-refractivity contribution in [2.75, 3.05) is 24.6 Å². The number of nitrogens with zero attached hydrogens (tertiary/aromatic N) is 6. The number of nitrogens with one attached hydrogen (secondary N) is 1. The van der Waals surface area contributed by atoms with Crippen LogP contribution in [0.5, 0.6) is 5.75 Å². The Hall–Kier alpha value is -3.38. The Morgan fingerprint density at radius 3 is 2.78 bits per heavy atom. The van der Waals surface area contributed by atoms with E-state index in [2.05, 4.69) is 20.2 Å². The van der Waals surface area contributed by atoms with Gasteiger partial charge in [-0.3, -0.25) is 5.10 Å². The number of aromatic nitrogens is 5. The van der Waals surface area contributed by atoms with Crippen molar-refractivity contribution in [1.29, 1.82) is 0 Å². The van der Waals surface area contributed by atoms with Crippen molar-refractivity contribution in [3.8, 4) is 16.9 Å². The first-order valence-electron chi connectivity index (χ1n) is 11.9. The number of hydrogen-bond donors (Lipinski definition) is 1. The first kappa shape index (κ1) is 22.8. The van der Waals surface area contributed by atoms with Crippen molar-refractivity contribution in [3.63, 3.8) is 0 Å². The van der Waals surface area contributed by atoms with Crippen molar-refractivity contribution in [3.05, 3.63) is 65.8 Å². The Kier molecular flexibility index (Phi) is 5.29. The molecule has 2 aliphatic heterocycles. The Balaban J connectivity index is 1.13. The van der Waals surface area contributed by atoms with Crippen LogP contribution >= 0.6 is 11.6 Å². The molecule has 2 aliphatic rings. The van der Waals surface area contributed by atoms with E-state index in [1.807, 2.05) is 46.3 Å². The SMILES string of the molecule is CCOc1cc(-c2ccc(N3CC4C(C3)N4[S+]([O-])c3c(F)cccc3Cl)nc2)c2c3cn[nH]c3nn2c1. The lowest BCUT2D eigenvalue weighted by molar-refractivity contribution is 0.338. The summed E-state index contributed by atoms with van der Waals surface area (Å²) in [5.41, 5.74) is 3.50. The van der Waals surface area contributed by atoms with Crippen molar-refractivity contribution in [2.45, 2.75) is 23.9 Å². The second-order valence-corrected chi connectivity index (χ2v) is 10.8. The Morgan fingerprint density at radius 2 is 2.05 bits per heavy atom. The van der Waals surface area contributed by atoms with Crippen LogP contribution in [0.25, 0.3) is 27.7 Å². The van der Waals surface area contributed by atoms with Crippen LogP contribution in [0.15, 0.2) is 59.9 Å². The third-order valence-corrected chi connectivity index (χ3v) is 9.02. The first-order chi connectivity index (χ1) is 18.0. The highest BCUT2D eigenvalue weighted by molar-refractivity contribution is 7.89. The third kappa shape index (κ3) is 3.64. The van der Waals surface area contributed by atoms with E-state index >= 15 is 0 Å². The highest BCUT2D eigenvalue weighted by Gasteiger charge is 2.62. The Labute approximate surface area is 219 Å². The molecule has 3 unspecified atom stereocenters. The second-order valence-electron chi connectivity index (χ2n) is 9.05. The second kappa shape index (κ2) is 8.59. The van der Waals surface area contributed by atoms with Gasteiger partial charge in [0.05, 0.1) is 53.3 Å². The van der Waals surface area contributed by atoms with Gasteiger partial charge in [0.25, 0.3) is 0 Å². The predicted molar refractivity (Wildman–Crippen MR) is 139 cm³/mol. The number of piperazine rings is 1. The van der Waals surface area contributed by atoms with Crippen LogP contribution < -0.4 is 9.64 Å². The van der Waals surface area contributed by atoms with Gasteiger partial charge in [-0.05, 0) is 37.3 Å². The highest BCUT2D eigenvalue weighted by atomic mass is 35.5. The summed E-state index contributed by atoms with van der Waals surface area (Å²) in [6.45, 7) is 3.82. The largest absolute Gasteiger partial charge is 0.593 e. The summed E-state index contributed by atoms with van der Waals surface area (Å²) in [6.07, 6.45) is 5.47. The molecule has 6 heterocycles. The number of pyridine rings is 2. The molecule has 12 heteroatoms. The minimum atomic E-state index is -1.63. The number of benzene rings is 1. The van der Waals surface area contributed by atoms with Crippen LogP contribution in [-0.2, 0) is 11.4 Å². The molecule has 9 nitrogen and oxygen atoms in total. The molecule has 0 amide bonds. The maximum atomic E-state index is 14.3. The van der Waals surface area contributed by atoms with Crippen LogP contribution in [0.1, 0.15) is 6.92 Å². The topological polar surface area (TPSA) is 97.4 Å². The summed E-state index contributed by atoms with van der Waals surface area (Å²) >= 11 is 4.50. The molecule has 1 aromatic carbocycles. The van der Waals surface area contributed by atoms with Gasteiger partial charge in [-0.1, -0.05) is 17.7 Å². The van der Waals surface area contributed by atoms with Crippen molar-refractivity contribution in [1.82, 2.24) is 29.1 Å². The highest BCUT2D eigenvalue weighted by Crippen LogP contribution is 2.44. The fourth-order valence-electron chi connectivity index (χ4n) is 5.17. The van der Waals surface area contributed by atoms with Crippen molar-refractivity contribution < 1.29 is 13.7 Å². The van der Waals surface area contributed by atoms with E-state index < -0.39 is 17.2 Å². The van der Waals surface area contributed by atoms with E-state index in [0.717, 1.165) is 33.6 Å².